The molecule has 5 rings (SSSR count). The maximum atomic E-state index is 4.75. The first-order valence-electron chi connectivity index (χ1n) is 7.12. The van der Waals surface area contributed by atoms with Gasteiger partial charge < -0.3 is 0 Å². The molecule has 22 heavy (non-hydrogen) atoms. The molecule has 0 aliphatic rings. The summed E-state index contributed by atoms with van der Waals surface area (Å²) in [5.74, 6) is 0. The van der Waals surface area contributed by atoms with Gasteiger partial charge in [0.2, 0.25) is 0 Å². The van der Waals surface area contributed by atoms with E-state index in [-0.39, 0.29) is 0 Å². The Morgan fingerprint density at radius 3 is 2.64 bits per heavy atom. The average molecular weight is 301 g/mol. The first-order valence-corrected chi connectivity index (χ1v) is 7.89. The molecule has 0 bridgehead atoms. The van der Waals surface area contributed by atoms with Crippen molar-refractivity contribution in [2.75, 3.05) is 0 Å². The molecular weight excluding hydrogens is 290 g/mol. The van der Waals surface area contributed by atoms with Gasteiger partial charge in [0.25, 0.3) is 0 Å². The van der Waals surface area contributed by atoms with Crippen molar-refractivity contribution in [3.05, 3.63) is 66.9 Å². The molecule has 0 saturated heterocycles. The summed E-state index contributed by atoms with van der Waals surface area (Å²) in [6.07, 6.45) is 1.87. The van der Waals surface area contributed by atoms with Gasteiger partial charge in [-0.3, -0.25) is 4.98 Å². The van der Waals surface area contributed by atoms with Crippen LogP contribution in [0.2, 0.25) is 0 Å². The molecule has 0 amide bonds. The number of pyridine rings is 1. The predicted molar refractivity (Wildman–Crippen MR) is 91.3 cm³/mol. The summed E-state index contributed by atoms with van der Waals surface area (Å²) in [4.78, 5) is 9.31. The lowest BCUT2D eigenvalue weighted by atomic mass is 10.1. The van der Waals surface area contributed by atoms with Gasteiger partial charge >= 0.3 is 0 Å². The van der Waals surface area contributed by atoms with Crippen LogP contribution >= 0.6 is 11.5 Å². The van der Waals surface area contributed by atoms with Gasteiger partial charge in [-0.05, 0) is 18.2 Å². The molecule has 3 heterocycles. The Morgan fingerprint density at radius 2 is 1.73 bits per heavy atom. The Hall–Kier alpha value is -2.72. The SMILES string of the molecule is c1ccc(-c2cc3c(cn2)nc2c4ccccc4sn32)cc1. The van der Waals surface area contributed by atoms with E-state index < -0.39 is 0 Å². The van der Waals surface area contributed by atoms with E-state index in [0.29, 0.717) is 0 Å². The molecule has 0 saturated carbocycles. The maximum absolute atomic E-state index is 4.75. The van der Waals surface area contributed by atoms with Crippen molar-refractivity contribution >= 4 is 38.3 Å². The largest absolute Gasteiger partial charge is 0.254 e. The molecule has 5 aromatic rings. The van der Waals surface area contributed by atoms with Crippen molar-refractivity contribution in [3.63, 3.8) is 0 Å². The van der Waals surface area contributed by atoms with Gasteiger partial charge in [0.1, 0.15) is 5.52 Å². The quantitative estimate of drug-likeness (QED) is 0.446. The van der Waals surface area contributed by atoms with Crippen LogP contribution in [0.5, 0.6) is 0 Å². The van der Waals surface area contributed by atoms with Gasteiger partial charge in [0.15, 0.2) is 5.65 Å². The van der Waals surface area contributed by atoms with Crippen LogP contribution in [0.4, 0.5) is 0 Å². The lowest BCUT2D eigenvalue weighted by Gasteiger charge is -2.00. The molecule has 0 N–H and O–H groups in total. The summed E-state index contributed by atoms with van der Waals surface area (Å²) in [5, 5.41) is 1.20. The number of imidazole rings is 1. The van der Waals surface area contributed by atoms with Crippen LogP contribution in [0.1, 0.15) is 0 Å². The van der Waals surface area contributed by atoms with E-state index in [0.717, 1.165) is 27.9 Å². The number of benzene rings is 2. The highest BCUT2D eigenvalue weighted by molar-refractivity contribution is 7.14. The second-order valence-corrected chi connectivity index (χ2v) is 6.23. The van der Waals surface area contributed by atoms with Gasteiger partial charge in [-0.15, -0.1) is 0 Å². The van der Waals surface area contributed by atoms with E-state index in [1.807, 2.05) is 24.4 Å². The topological polar surface area (TPSA) is 30.2 Å². The monoisotopic (exact) mass is 301 g/mol. The molecule has 2 aromatic carbocycles. The molecule has 0 aliphatic heterocycles. The van der Waals surface area contributed by atoms with Crippen molar-refractivity contribution in [1.82, 2.24) is 13.8 Å². The van der Waals surface area contributed by atoms with Gasteiger partial charge in [-0.2, -0.15) is 0 Å². The van der Waals surface area contributed by atoms with E-state index in [1.165, 1.54) is 10.1 Å². The highest BCUT2D eigenvalue weighted by atomic mass is 32.1. The Kier molecular flexibility index (Phi) is 2.37. The first kappa shape index (κ1) is 11.9. The van der Waals surface area contributed by atoms with Crippen LogP contribution < -0.4 is 0 Å². The van der Waals surface area contributed by atoms with E-state index in [1.54, 1.807) is 11.5 Å². The Bertz CT molecular complexity index is 1120. The van der Waals surface area contributed by atoms with Crippen molar-refractivity contribution in [1.29, 1.82) is 0 Å². The summed E-state index contributed by atoms with van der Waals surface area (Å²) in [6.45, 7) is 0. The zero-order valence-corrected chi connectivity index (χ0v) is 12.4. The van der Waals surface area contributed by atoms with E-state index >= 15 is 0 Å². The minimum atomic E-state index is 0.941. The van der Waals surface area contributed by atoms with Crippen LogP contribution in [0.25, 0.3) is 38.0 Å². The summed E-state index contributed by atoms with van der Waals surface area (Å²) in [5.41, 5.74) is 5.18. The molecule has 0 fully saturated rings. The molecule has 3 aromatic heterocycles. The maximum Gasteiger partial charge on any atom is 0.156 e. The number of rotatable bonds is 1. The fourth-order valence-corrected chi connectivity index (χ4v) is 3.88. The van der Waals surface area contributed by atoms with Crippen LogP contribution in [0, 0.1) is 0 Å². The van der Waals surface area contributed by atoms with E-state index in [9.17, 15) is 0 Å². The smallest absolute Gasteiger partial charge is 0.156 e. The second kappa shape index (κ2) is 4.39. The third kappa shape index (κ3) is 1.61. The first-order chi connectivity index (χ1) is 10.9. The molecule has 0 atom stereocenters. The Labute approximate surface area is 130 Å². The summed E-state index contributed by atoms with van der Waals surface area (Å²) < 4.78 is 3.46. The molecule has 0 spiro atoms. The Morgan fingerprint density at radius 1 is 0.909 bits per heavy atom. The minimum Gasteiger partial charge on any atom is -0.254 e. The summed E-state index contributed by atoms with van der Waals surface area (Å²) >= 11 is 1.73. The van der Waals surface area contributed by atoms with Gasteiger partial charge in [-0.1, -0.05) is 54.0 Å². The standard InChI is InChI=1S/C18H11N3S/c1-2-6-12(7-3-1)14-10-16-15(11-19-14)20-18-13-8-4-5-9-17(13)22-21(16)18/h1-11H. The van der Waals surface area contributed by atoms with Crippen molar-refractivity contribution < 1.29 is 0 Å². The summed E-state index contributed by atoms with van der Waals surface area (Å²) in [6, 6.07) is 20.8. The Balaban J connectivity index is 1.85. The molecule has 0 aliphatic carbocycles. The zero-order valence-electron chi connectivity index (χ0n) is 11.6. The van der Waals surface area contributed by atoms with E-state index in [4.69, 9.17) is 4.98 Å². The van der Waals surface area contributed by atoms with Gasteiger partial charge in [-0.25, -0.2) is 8.77 Å². The van der Waals surface area contributed by atoms with E-state index in [2.05, 4.69) is 51.2 Å². The van der Waals surface area contributed by atoms with Crippen molar-refractivity contribution in [2.24, 2.45) is 0 Å². The van der Waals surface area contributed by atoms with Crippen LogP contribution in [-0.2, 0) is 0 Å². The normalized spacial score (nSPS) is 11.6. The lowest BCUT2D eigenvalue weighted by molar-refractivity contribution is 1.34. The van der Waals surface area contributed by atoms with Crippen LogP contribution in [-0.4, -0.2) is 13.8 Å². The van der Waals surface area contributed by atoms with Crippen molar-refractivity contribution in [2.45, 2.75) is 0 Å². The number of nitrogens with zero attached hydrogens (tertiary/aromatic N) is 3. The average Bonchev–Trinajstić information content (AvgIpc) is 3.11. The fourth-order valence-electron chi connectivity index (χ4n) is 2.82. The number of hydrogen-bond acceptors (Lipinski definition) is 3. The molecular formula is C18H11N3S. The van der Waals surface area contributed by atoms with Gasteiger partial charge in [0, 0.05) is 10.9 Å². The van der Waals surface area contributed by atoms with Crippen molar-refractivity contribution in [3.8, 4) is 11.3 Å². The predicted octanol–water partition coefficient (Wildman–Crippen LogP) is 4.76. The lowest BCUT2D eigenvalue weighted by Crippen LogP contribution is -1.84. The minimum absolute atomic E-state index is 0.941. The number of aromatic nitrogens is 3. The number of fused-ring (bicyclic) bond motifs is 5. The molecule has 3 nitrogen and oxygen atoms in total. The zero-order chi connectivity index (χ0) is 14.5. The third-order valence-corrected chi connectivity index (χ3v) is 4.99. The van der Waals surface area contributed by atoms with Crippen LogP contribution in [0.15, 0.2) is 66.9 Å². The molecule has 4 heteroatoms. The van der Waals surface area contributed by atoms with Gasteiger partial charge in [0.05, 0.1) is 22.1 Å². The highest BCUT2D eigenvalue weighted by Gasteiger charge is 2.12. The molecule has 104 valence electrons. The van der Waals surface area contributed by atoms with Crippen LogP contribution in [0.3, 0.4) is 0 Å². The molecule has 0 radical (unpaired) electrons. The fraction of sp³-hybridized carbons (Fsp3) is 0. The number of hydrogen-bond donors (Lipinski definition) is 0. The highest BCUT2D eigenvalue weighted by Crippen LogP contribution is 2.31. The summed E-state index contributed by atoms with van der Waals surface area (Å²) in [7, 11) is 0. The molecule has 0 unspecified atom stereocenters. The third-order valence-electron chi connectivity index (χ3n) is 3.89. The second-order valence-electron chi connectivity index (χ2n) is 5.24.